The van der Waals surface area contributed by atoms with E-state index in [0.29, 0.717) is 17.2 Å². The highest BCUT2D eigenvalue weighted by Crippen LogP contribution is 2.38. The molecule has 1 aliphatic carbocycles. The molecule has 142 valence electrons. The second-order valence-electron chi connectivity index (χ2n) is 6.96. The predicted molar refractivity (Wildman–Crippen MR) is 109 cm³/mol. The van der Waals surface area contributed by atoms with E-state index in [4.69, 9.17) is 15.0 Å². The van der Waals surface area contributed by atoms with Gasteiger partial charge in [0.25, 0.3) is 0 Å². The number of hydrogen-bond donors (Lipinski definition) is 1. The molecule has 2 aromatic heterocycles. The molecule has 4 aromatic rings. The summed E-state index contributed by atoms with van der Waals surface area (Å²) in [7, 11) is 1.71. The van der Waals surface area contributed by atoms with Crippen molar-refractivity contribution in [3.63, 3.8) is 0 Å². The molecule has 7 heteroatoms. The number of rotatable bonds is 4. The number of ether oxygens (including phenoxy) is 1. The lowest BCUT2D eigenvalue weighted by molar-refractivity contribution is 0.410. The Morgan fingerprint density at radius 3 is 3.03 bits per heavy atom. The maximum absolute atomic E-state index is 9.07. The first-order valence-corrected chi connectivity index (χ1v) is 9.39. The van der Waals surface area contributed by atoms with Crippen LogP contribution < -0.4 is 10.1 Å². The standard InChI is InChI=1S/C22H18N6O/c1-29-20-4-2-3-15-16(20)6-7-17(15)26-21-11-24-12-22(27-21)28-13-25-18-9-14(10-23)5-8-19(18)28/h2-5,8-9,11-13,17H,6-7H2,1H3,(H,26,27). The first-order valence-electron chi connectivity index (χ1n) is 9.39. The van der Waals surface area contributed by atoms with Gasteiger partial charge < -0.3 is 10.1 Å². The number of hydrogen-bond acceptors (Lipinski definition) is 6. The zero-order valence-corrected chi connectivity index (χ0v) is 15.8. The molecule has 0 saturated heterocycles. The highest BCUT2D eigenvalue weighted by molar-refractivity contribution is 5.78. The van der Waals surface area contributed by atoms with E-state index in [-0.39, 0.29) is 6.04 Å². The van der Waals surface area contributed by atoms with Crippen LogP contribution in [0.5, 0.6) is 5.75 Å². The summed E-state index contributed by atoms with van der Waals surface area (Å²) in [5.74, 6) is 2.32. The summed E-state index contributed by atoms with van der Waals surface area (Å²) >= 11 is 0. The van der Waals surface area contributed by atoms with Crippen molar-refractivity contribution in [2.45, 2.75) is 18.9 Å². The van der Waals surface area contributed by atoms with Gasteiger partial charge in [0.2, 0.25) is 0 Å². The van der Waals surface area contributed by atoms with E-state index in [1.807, 2.05) is 22.8 Å². The van der Waals surface area contributed by atoms with Crippen LogP contribution in [0.2, 0.25) is 0 Å². The molecule has 0 fully saturated rings. The fraction of sp³-hybridized carbons (Fsp3) is 0.182. The average Bonchev–Trinajstić information content (AvgIpc) is 3.37. The number of methoxy groups -OCH3 is 1. The van der Waals surface area contributed by atoms with Crippen LogP contribution in [-0.4, -0.2) is 26.6 Å². The van der Waals surface area contributed by atoms with Crippen molar-refractivity contribution >= 4 is 16.9 Å². The van der Waals surface area contributed by atoms with E-state index in [1.54, 1.807) is 38.0 Å². The molecular weight excluding hydrogens is 364 g/mol. The van der Waals surface area contributed by atoms with Gasteiger partial charge in [0.15, 0.2) is 5.82 Å². The average molecular weight is 382 g/mol. The summed E-state index contributed by atoms with van der Waals surface area (Å²) in [6.07, 6.45) is 7.09. The minimum atomic E-state index is 0.169. The molecule has 0 spiro atoms. The summed E-state index contributed by atoms with van der Waals surface area (Å²) in [6.45, 7) is 0. The predicted octanol–water partition coefficient (Wildman–Crippen LogP) is 3.80. The van der Waals surface area contributed by atoms with Crippen molar-refractivity contribution in [3.05, 3.63) is 71.8 Å². The smallest absolute Gasteiger partial charge is 0.159 e. The summed E-state index contributed by atoms with van der Waals surface area (Å²) in [5.41, 5.74) is 4.71. The highest BCUT2D eigenvalue weighted by Gasteiger charge is 2.25. The van der Waals surface area contributed by atoms with Crippen molar-refractivity contribution in [2.24, 2.45) is 0 Å². The molecular formula is C22H18N6O. The van der Waals surface area contributed by atoms with Gasteiger partial charge in [0, 0.05) is 0 Å². The van der Waals surface area contributed by atoms with Crippen LogP contribution in [0.15, 0.2) is 55.1 Å². The first kappa shape index (κ1) is 17.2. The maximum Gasteiger partial charge on any atom is 0.159 e. The second-order valence-corrected chi connectivity index (χ2v) is 6.96. The molecule has 2 aromatic carbocycles. The zero-order valence-electron chi connectivity index (χ0n) is 15.8. The van der Waals surface area contributed by atoms with Gasteiger partial charge in [-0.15, -0.1) is 0 Å². The number of anilines is 1. The minimum Gasteiger partial charge on any atom is -0.496 e. The summed E-state index contributed by atoms with van der Waals surface area (Å²) < 4.78 is 7.37. The topological polar surface area (TPSA) is 88.6 Å². The lowest BCUT2D eigenvalue weighted by Gasteiger charge is -2.16. The lowest BCUT2D eigenvalue weighted by Crippen LogP contribution is -2.10. The monoisotopic (exact) mass is 382 g/mol. The SMILES string of the molecule is COc1cccc2c1CCC2Nc1cncc(-n2cnc3cc(C#N)ccc32)n1. The van der Waals surface area contributed by atoms with Gasteiger partial charge in [-0.1, -0.05) is 12.1 Å². The van der Waals surface area contributed by atoms with E-state index in [0.717, 1.165) is 29.6 Å². The van der Waals surface area contributed by atoms with Crippen LogP contribution in [0.4, 0.5) is 5.82 Å². The number of nitrogens with zero attached hydrogens (tertiary/aromatic N) is 5. The van der Waals surface area contributed by atoms with E-state index in [2.05, 4.69) is 27.4 Å². The second kappa shape index (κ2) is 6.91. The number of fused-ring (bicyclic) bond motifs is 2. The Morgan fingerprint density at radius 1 is 1.24 bits per heavy atom. The molecule has 0 radical (unpaired) electrons. The molecule has 0 aliphatic heterocycles. The van der Waals surface area contributed by atoms with Gasteiger partial charge >= 0.3 is 0 Å². The van der Waals surface area contributed by atoms with Gasteiger partial charge in [-0.25, -0.2) is 9.97 Å². The quantitative estimate of drug-likeness (QED) is 0.578. The number of benzene rings is 2. The van der Waals surface area contributed by atoms with E-state index in [1.165, 1.54) is 11.1 Å². The van der Waals surface area contributed by atoms with Crippen LogP contribution in [0.1, 0.15) is 29.2 Å². The largest absolute Gasteiger partial charge is 0.496 e. The minimum absolute atomic E-state index is 0.169. The molecule has 1 aliphatic rings. The third kappa shape index (κ3) is 2.95. The number of imidazole rings is 1. The van der Waals surface area contributed by atoms with Crippen molar-refractivity contribution in [1.29, 1.82) is 5.26 Å². The molecule has 0 bridgehead atoms. The van der Waals surface area contributed by atoms with Crippen LogP contribution in [0.25, 0.3) is 16.9 Å². The fourth-order valence-electron chi connectivity index (χ4n) is 3.95. The summed E-state index contributed by atoms with van der Waals surface area (Å²) in [5, 5.41) is 12.6. The van der Waals surface area contributed by atoms with Crippen molar-refractivity contribution < 1.29 is 4.74 Å². The van der Waals surface area contributed by atoms with E-state index < -0.39 is 0 Å². The van der Waals surface area contributed by atoms with Crippen LogP contribution >= 0.6 is 0 Å². The zero-order chi connectivity index (χ0) is 19.8. The summed E-state index contributed by atoms with van der Waals surface area (Å²) in [6, 6.07) is 13.9. The van der Waals surface area contributed by atoms with Crippen molar-refractivity contribution in [1.82, 2.24) is 19.5 Å². The normalized spacial score (nSPS) is 15.1. The Labute approximate surface area is 167 Å². The highest BCUT2D eigenvalue weighted by atomic mass is 16.5. The molecule has 29 heavy (non-hydrogen) atoms. The van der Waals surface area contributed by atoms with Gasteiger partial charge in [-0.2, -0.15) is 5.26 Å². The fourth-order valence-corrected chi connectivity index (χ4v) is 3.95. The number of aromatic nitrogens is 4. The third-order valence-corrected chi connectivity index (χ3v) is 5.31. The van der Waals surface area contributed by atoms with Gasteiger partial charge in [-0.3, -0.25) is 9.55 Å². The van der Waals surface area contributed by atoms with Crippen LogP contribution in [-0.2, 0) is 6.42 Å². The third-order valence-electron chi connectivity index (χ3n) is 5.31. The van der Waals surface area contributed by atoms with Gasteiger partial charge in [-0.05, 0) is 48.2 Å². The Kier molecular flexibility index (Phi) is 4.10. The van der Waals surface area contributed by atoms with Gasteiger partial charge in [0.1, 0.15) is 17.9 Å². The molecule has 0 saturated carbocycles. The van der Waals surface area contributed by atoms with E-state index >= 15 is 0 Å². The molecule has 1 N–H and O–H groups in total. The Bertz CT molecular complexity index is 1260. The first-order chi connectivity index (χ1) is 14.3. The van der Waals surface area contributed by atoms with Gasteiger partial charge in [0.05, 0.1) is 48.2 Å². The number of nitrogens with one attached hydrogen (secondary N) is 1. The lowest BCUT2D eigenvalue weighted by atomic mass is 10.1. The Morgan fingerprint density at radius 2 is 2.17 bits per heavy atom. The maximum atomic E-state index is 9.07. The molecule has 2 heterocycles. The van der Waals surface area contributed by atoms with Crippen LogP contribution in [0, 0.1) is 11.3 Å². The molecule has 0 amide bonds. The van der Waals surface area contributed by atoms with Crippen molar-refractivity contribution in [3.8, 4) is 17.6 Å². The summed E-state index contributed by atoms with van der Waals surface area (Å²) in [4.78, 5) is 13.5. The van der Waals surface area contributed by atoms with Crippen LogP contribution in [0.3, 0.4) is 0 Å². The van der Waals surface area contributed by atoms with Crippen molar-refractivity contribution in [2.75, 3.05) is 12.4 Å². The molecule has 1 atom stereocenters. The molecule has 7 nitrogen and oxygen atoms in total. The van der Waals surface area contributed by atoms with E-state index in [9.17, 15) is 0 Å². The molecule has 5 rings (SSSR count). The molecule has 1 unspecified atom stereocenters. The Balaban J connectivity index is 1.46. The number of nitriles is 1. The Hall–Kier alpha value is -3.92.